The summed E-state index contributed by atoms with van der Waals surface area (Å²) in [4.78, 5) is 0. The molecule has 1 heterocycles. The summed E-state index contributed by atoms with van der Waals surface area (Å²) in [6.07, 6.45) is 4.29. The van der Waals surface area contributed by atoms with Gasteiger partial charge in [0, 0.05) is 31.2 Å². The Morgan fingerprint density at radius 2 is 1.57 bits per heavy atom. The van der Waals surface area contributed by atoms with Crippen molar-refractivity contribution in [2.24, 2.45) is 5.73 Å². The lowest BCUT2D eigenvalue weighted by Gasteiger charge is -2.34. The highest BCUT2D eigenvalue weighted by atomic mass is 35.5. The molecule has 0 aromatic heterocycles. The minimum atomic E-state index is -0.467. The molecule has 0 radical (unpaired) electrons. The van der Waals surface area contributed by atoms with Crippen LogP contribution >= 0.6 is 46.4 Å². The van der Waals surface area contributed by atoms with Crippen LogP contribution < -0.4 is 5.73 Å². The van der Waals surface area contributed by atoms with Crippen LogP contribution in [0.2, 0.25) is 20.1 Å². The standard InChI is InChI=1S/C23H16Cl4N2O/c24-16-6-2-7-17(25)14(16)10-12-4-1-5-13-20(15(11-28)23(29)30-22(12)13)21-18(26)8-3-9-19(21)27/h2-3,6-10,20H,1,4-5,29H2/b12-10+/t20-/m1/s1. The van der Waals surface area contributed by atoms with Crippen molar-refractivity contribution in [2.75, 3.05) is 0 Å². The molecular formula is C23H16Cl4N2O. The zero-order valence-corrected chi connectivity index (χ0v) is 18.7. The fourth-order valence-corrected chi connectivity index (χ4v) is 5.10. The number of halogens is 4. The molecule has 2 N–H and O–H groups in total. The van der Waals surface area contributed by atoms with Crippen molar-refractivity contribution in [1.82, 2.24) is 0 Å². The molecule has 0 saturated heterocycles. The molecule has 7 heteroatoms. The van der Waals surface area contributed by atoms with Crippen molar-refractivity contribution in [3.63, 3.8) is 0 Å². The van der Waals surface area contributed by atoms with Gasteiger partial charge in [-0.15, -0.1) is 0 Å². The van der Waals surface area contributed by atoms with E-state index in [1.54, 1.807) is 36.4 Å². The quantitative estimate of drug-likeness (QED) is 0.483. The van der Waals surface area contributed by atoms with Gasteiger partial charge in [-0.2, -0.15) is 5.26 Å². The zero-order chi connectivity index (χ0) is 21.4. The lowest BCUT2D eigenvalue weighted by atomic mass is 9.77. The van der Waals surface area contributed by atoms with Crippen LogP contribution in [0.5, 0.6) is 0 Å². The molecule has 0 amide bonds. The van der Waals surface area contributed by atoms with E-state index >= 15 is 0 Å². The van der Waals surface area contributed by atoms with E-state index in [4.69, 9.17) is 56.9 Å². The van der Waals surface area contributed by atoms with E-state index in [0.717, 1.165) is 30.4 Å². The van der Waals surface area contributed by atoms with Crippen LogP contribution in [0.1, 0.15) is 36.3 Å². The fraction of sp³-hybridized carbons (Fsp3) is 0.174. The smallest absolute Gasteiger partial charge is 0.205 e. The van der Waals surface area contributed by atoms with Crippen LogP contribution in [0, 0.1) is 11.3 Å². The van der Waals surface area contributed by atoms with Crippen LogP contribution in [-0.4, -0.2) is 0 Å². The van der Waals surface area contributed by atoms with Gasteiger partial charge in [-0.25, -0.2) is 0 Å². The Bertz CT molecular complexity index is 1130. The number of ether oxygens (including phenoxy) is 1. The normalized spacial score (nSPS) is 20.1. The summed E-state index contributed by atoms with van der Waals surface area (Å²) in [5, 5.41) is 11.9. The van der Waals surface area contributed by atoms with Crippen LogP contribution in [0.25, 0.3) is 6.08 Å². The maximum Gasteiger partial charge on any atom is 0.205 e. The highest BCUT2D eigenvalue weighted by Gasteiger charge is 2.37. The first-order chi connectivity index (χ1) is 14.4. The summed E-state index contributed by atoms with van der Waals surface area (Å²) in [7, 11) is 0. The average molecular weight is 478 g/mol. The molecule has 2 aromatic carbocycles. The first-order valence-corrected chi connectivity index (χ1v) is 10.8. The van der Waals surface area contributed by atoms with Crippen molar-refractivity contribution < 1.29 is 4.74 Å². The fourth-order valence-electron chi connectivity index (χ4n) is 3.98. The second-order valence-corrected chi connectivity index (χ2v) is 8.70. The molecule has 2 aliphatic rings. The van der Waals surface area contributed by atoms with Crippen LogP contribution in [0.3, 0.4) is 0 Å². The number of hydrogen-bond donors (Lipinski definition) is 1. The van der Waals surface area contributed by atoms with Crippen LogP contribution in [-0.2, 0) is 4.74 Å². The zero-order valence-electron chi connectivity index (χ0n) is 15.7. The number of nitrogens with two attached hydrogens (primary N) is 1. The largest absolute Gasteiger partial charge is 0.440 e. The molecule has 0 saturated carbocycles. The van der Waals surface area contributed by atoms with Gasteiger partial charge in [0.15, 0.2) is 0 Å². The number of benzene rings is 2. The van der Waals surface area contributed by atoms with Gasteiger partial charge in [0.25, 0.3) is 0 Å². The van der Waals surface area contributed by atoms with E-state index in [2.05, 4.69) is 6.07 Å². The lowest BCUT2D eigenvalue weighted by Crippen LogP contribution is -2.24. The van der Waals surface area contributed by atoms with Crippen molar-refractivity contribution in [3.8, 4) is 6.07 Å². The summed E-state index contributed by atoms with van der Waals surface area (Å²) in [5.74, 6) is 0.218. The third-order valence-electron chi connectivity index (χ3n) is 5.32. The number of nitrogens with zero attached hydrogens (tertiary/aromatic N) is 1. The van der Waals surface area contributed by atoms with Gasteiger partial charge in [0.1, 0.15) is 17.4 Å². The lowest BCUT2D eigenvalue weighted by molar-refractivity contribution is 0.277. The maximum absolute atomic E-state index is 9.81. The number of rotatable bonds is 2. The molecular weight excluding hydrogens is 462 g/mol. The summed E-state index contributed by atoms with van der Waals surface area (Å²) in [6.45, 7) is 0. The van der Waals surface area contributed by atoms with E-state index in [9.17, 15) is 5.26 Å². The van der Waals surface area contributed by atoms with Gasteiger partial charge in [0.2, 0.25) is 5.88 Å². The maximum atomic E-state index is 9.81. The molecule has 3 nitrogen and oxygen atoms in total. The van der Waals surface area contributed by atoms with E-state index in [0.29, 0.717) is 42.5 Å². The SMILES string of the molecule is N#CC1=C(N)OC2=C(CCC/C2=C\c2c(Cl)cccc2Cl)[C@H]1c1c(Cl)cccc1Cl. The van der Waals surface area contributed by atoms with E-state index in [1.165, 1.54) is 0 Å². The predicted molar refractivity (Wildman–Crippen MR) is 122 cm³/mol. The first-order valence-electron chi connectivity index (χ1n) is 9.31. The molecule has 0 unspecified atom stereocenters. The second kappa shape index (κ2) is 8.57. The molecule has 2 aromatic rings. The Morgan fingerprint density at radius 1 is 0.967 bits per heavy atom. The second-order valence-electron chi connectivity index (χ2n) is 7.07. The van der Waals surface area contributed by atoms with Crippen molar-refractivity contribution in [1.29, 1.82) is 5.26 Å². The number of allylic oxidation sites excluding steroid dienone is 3. The Kier molecular flexibility index (Phi) is 6.04. The van der Waals surface area contributed by atoms with Gasteiger partial charge >= 0.3 is 0 Å². The van der Waals surface area contributed by atoms with Gasteiger partial charge in [0.05, 0.1) is 5.92 Å². The Morgan fingerprint density at radius 3 is 2.17 bits per heavy atom. The Labute approximate surface area is 194 Å². The van der Waals surface area contributed by atoms with Gasteiger partial charge < -0.3 is 10.5 Å². The van der Waals surface area contributed by atoms with E-state index < -0.39 is 5.92 Å². The van der Waals surface area contributed by atoms with E-state index in [1.807, 2.05) is 6.08 Å². The Balaban J connectivity index is 1.92. The number of nitriles is 1. The summed E-state index contributed by atoms with van der Waals surface area (Å²) in [6, 6.07) is 12.8. The molecule has 0 fully saturated rings. The molecule has 0 bridgehead atoms. The Hall–Kier alpha value is -2.09. The topological polar surface area (TPSA) is 59.0 Å². The highest BCUT2D eigenvalue weighted by molar-refractivity contribution is 6.37. The third-order valence-corrected chi connectivity index (χ3v) is 6.64. The summed E-state index contributed by atoms with van der Waals surface area (Å²) >= 11 is 25.7. The molecule has 30 heavy (non-hydrogen) atoms. The summed E-state index contributed by atoms with van der Waals surface area (Å²) in [5.41, 5.74) is 9.70. The molecule has 1 atom stereocenters. The van der Waals surface area contributed by atoms with Crippen LogP contribution in [0.4, 0.5) is 0 Å². The van der Waals surface area contributed by atoms with Crippen LogP contribution in [0.15, 0.2) is 64.8 Å². The van der Waals surface area contributed by atoms with Crippen molar-refractivity contribution in [3.05, 3.63) is 96.0 Å². The minimum absolute atomic E-state index is 0.0512. The average Bonchev–Trinajstić information content (AvgIpc) is 2.71. The molecule has 1 aliphatic carbocycles. The van der Waals surface area contributed by atoms with Gasteiger partial charge in [-0.3, -0.25) is 0 Å². The molecule has 4 rings (SSSR count). The van der Waals surface area contributed by atoms with Gasteiger partial charge in [-0.05, 0) is 60.8 Å². The molecule has 1 aliphatic heterocycles. The van der Waals surface area contributed by atoms with Crippen molar-refractivity contribution in [2.45, 2.75) is 25.2 Å². The number of hydrogen-bond acceptors (Lipinski definition) is 3. The summed E-state index contributed by atoms with van der Waals surface area (Å²) < 4.78 is 5.96. The van der Waals surface area contributed by atoms with Crippen molar-refractivity contribution >= 4 is 52.5 Å². The monoisotopic (exact) mass is 476 g/mol. The third kappa shape index (κ3) is 3.70. The minimum Gasteiger partial charge on any atom is -0.440 e. The molecule has 152 valence electrons. The van der Waals surface area contributed by atoms with E-state index in [-0.39, 0.29) is 5.88 Å². The highest BCUT2D eigenvalue weighted by Crippen LogP contribution is 2.50. The predicted octanol–water partition coefficient (Wildman–Crippen LogP) is 7.63. The molecule has 0 spiro atoms. The first kappa shape index (κ1) is 21.2. The van der Waals surface area contributed by atoms with Gasteiger partial charge in [-0.1, -0.05) is 58.5 Å².